The third-order valence-electron chi connectivity index (χ3n) is 4.42. The van der Waals surface area contributed by atoms with Gasteiger partial charge < -0.3 is 9.64 Å². The van der Waals surface area contributed by atoms with Crippen LogP contribution in [0.3, 0.4) is 0 Å². The fourth-order valence-electron chi connectivity index (χ4n) is 3.13. The van der Waals surface area contributed by atoms with Gasteiger partial charge in [0.2, 0.25) is 10.0 Å². The van der Waals surface area contributed by atoms with E-state index in [0.29, 0.717) is 29.1 Å². The largest absolute Gasteiger partial charge is 0.372 e. The maximum atomic E-state index is 12.6. The second-order valence-electron chi connectivity index (χ2n) is 5.95. The van der Waals surface area contributed by atoms with Crippen LogP contribution >= 0.6 is 11.6 Å². The lowest BCUT2D eigenvalue weighted by molar-refractivity contribution is -0.906. The second-order valence-corrected chi connectivity index (χ2v) is 8.32. The molecule has 2 fully saturated rings. The van der Waals surface area contributed by atoms with Gasteiger partial charge in [0, 0.05) is 11.6 Å². The number of nitrogens with one attached hydrogen (secondary N) is 1. The third-order valence-corrected chi connectivity index (χ3v) is 6.59. The van der Waals surface area contributed by atoms with E-state index >= 15 is 0 Å². The highest BCUT2D eigenvalue weighted by Gasteiger charge is 2.32. The van der Waals surface area contributed by atoms with Crippen LogP contribution in [0.5, 0.6) is 0 Å². The summed E-state index contributed by atoms with van der Waals surface area (Å²) >= 11 is 5.82. The number of piperazine rings is 1. The molecule has 0 radical (unpaired) electrons. The first-order valence-corrected chi connectivity index (χ1v) is 9.58. The van der Waals surface area contributed by atoms with Gasteiger partial charge in [0.05, 0.1) is 31.1 Å². The highest BCUT2D eigenvalue weighted by atomic mass is 35.5. The number of sulfonamides is 1. The Labute approximate surface area is 136 Å². The topological polar surface area (TPSA) is 51.0 Å². The van der Waals surface area contributed by atoms with Gasteiger partial charge in [-0.3, -0.25) is 0 Å². The van der Waals surface area contributed by atoms with Gasteiger partial charge in [-0.1, -0.05) is 11.6 Å². The fourth-order valence-corrected chi connectivity index (χ4v) is 4.70. The summed E-state index contributed by atoms with van der Waals surface area (Å²) in [4.78, 5) is 1.76. The van der Waals surface area contributed by atoms with Gasteiger partial charge in [-0.15, -0.1) is 0 Å². The molecule has 7 heteroatoms. The molecule has 1 aromatic rings. The lowest BCUT2D eigenvalue weighted by atomic mass is 10.2. The Hall–Kier alpha value is -0.660. The summed E-state index contributed by atoms with van der Waals surface area (Å²) in [5, 5.41) is 0.546. The van der Waals surface area contributed by atoms with Crippen LogP contribution in [0.4, 0.5) is 0 Å². The minimum Gasteiger partial charge on any atom is -0.372 e. The van der Waals surface area contributed by atoms with Crippen molar-refractivity contribution in [3.8, 4) is 0 Å². The first-order valence-electron chi connectivity index (χ1n) is 7.76. The number of nitrogens with zero attached hydrogens (tertiary/aromatic N) is 1. The molecule has 1 atom stereocenters. The molecular weight excluding hydrogens is 324 g/mol. The average molecular weight is 346 g/mol. The Morgan fingerprint density at radius 3 is 2.50 bits per heavy atom. The van der Waals surface area contributed by atoms with Crippen LogP contribution in [0.15, 0.2) is 29.2 Å². The number of hydrogen-bond acceptors (Lipinski definition) is 3. The molecule has 22 heavy (non-hydrogen) atoms. The van der Waals surface area contributed by atoms with Crippen LogP contribution in [0.2, 0.25) is 5.02 Å². The van der Waals surface area contributed by atoms with Gasteiger partial charge >= 0.3 is 0 Å². The van der Waals surface area contributed by atoms with Gasteiger partial charge in [0.25, 0.3) is 0 Å². The average Bonchev–Trinajstić information content (AvgIpc) is 3.01. The lowest BCUT2D eigenvalue weighted by Crippen LogP contribution is -3.15. The van der Waals surface area contributed by atoms with Gasteiger partial charge in [-0.05, 0) is 37.1 Å². The van der Waals surface area contributed by atoms with Crippen molar-refractivity contribution < 1.29 is 18.1 Å². The molecule has 2 heterocycles. The van der Waals surface area contributed by atoms with Crippen molar-refractivity contribution in [1.82, 2.24) is 4.31 Å². The van der Waals surface area contributed by atoms with Crippen LogP contribution in [0.1, 0.15) is 12.8 Å². The molecule has 5 nitrogen and oxygen atoms in total. The smallest absolute Gasteiger partial charge is 0.243 e. The summed E-state index contributed by atoms with van der Waals surface area (Å²) in [5.74, 6) is 0. The Bertz CT molecular complexity index is 592. The predicted octanol–water partition coefficient (Wildman–Crippen LogP) is 0.408. The van der Waals surface area contributed by atoms with E-state index < -0.39 is 10.0 Å². The Morgan fingerprint density at radius 2 is 1.91 bits per heavy atom. The lowest BCUT2D eigenvalue weighted by Gasteiger charge is -2.32. The third kappa shape index (κ3) is 3.63. The van der Waals surface area contributed by atoms with E-state index in [1.54, 1.807) is 28.6 Å². The maximum absolute atomic E-state index is 12.6. The van der Waals surface area contributed by atoms with Gasteiger partial charge in [-0.2, -0.15) is 4.31 Å². The number of rotatable bonds is 4. The molecule has 0 aromatic heterocycles. The SMILES string of the molecule is O=S(=O)(c1ccc(Cl)cc1)N1CC[NH+](C[C@@H]2CCCO2)CC1. The van der Waals surface area contributed by atoms with E-state index in [1.807, 2.05) is 0 Å². The van der Waals surface area contributed by atoms with Crippen molar-refractivity contribution in [1.29, 1.82) is 0 Å². The molecule has 0 saturated carbocycles. The quantitative estimate of drug-likeness (QED) is 0.860. The molecule has 122 valence electrons. The van der Waals surface area contributed by atoms with Gasteiger partial charge in [0.15, 0.2) is 0 Å². The van der Waals surface area contributed by atoms with Crippen LogP contribution in [-0.4, -0.2) is 58.2 Å². The van der Waals surface area contributed by atoms with Gasteiger partial charge in [-0.25, -0.2) is 8.42 Å². The number of hydrogen-bond donors (Lipinski definition) is 1. The Morgan fingerprint density at radius 1 is 1.23 bits per heavy atom. The molecule has 2 aliphatic rings. The molecule has 1 N–H and O–H groups in total. The standard InChI is InChI=1S/C15H21ClN2O3S/c16-13-3-5-15(6-4-13)22(19,20)18-9-7-17(8-10-18)12-14-2-1-11-21-14/h3-6,14H,1-2,7-12H2/p+1/t14-/m0/s1. The molecule has 2 aliphatic heterocycles. The molecule has 0 unspecified atom stereocenters. The number of quaternary nitrogens is 1. The molecule has 1 aromatic carbocycles. The molecule has 0 aliphatic carbocycles. The first-order chi connectivity index (χ1) is 10.6. The minimum atomic E-state index is -3.40. The molecule has 3 rings (SSSR count). The van der Waals surface area contributed by atoms with E-state index in [9.17, 15) is 8.42 Å². The van der Waals surface area contributed by atoms with Crippen LogP contribution in [-0.2, 0) is 14.8 Å². The minimum absolute atomic E-state index is 0.319. The van der Waals surface area contributed by atoms with Crippen LogP contribution in [0, 0.1) is 0 Å². The fraction of sp³-hybridized carbons (Fsp3) is 0.600. The van der Waals surface area contributed by atoms with Crippen molar-refractivity contribution in [2.45, 2.75) is 23.8 Å². The zero-order valence-electron chi connectivity index (χ0n) is 12.5. The molecule has 0 spiro atoms. The van der Waals surface area contributed by atoms with E-state index in [1.165, 1.54) is 4.90 Å². The van der Waals surface area contributed by atoms with E-state index in [2.05, 4.69) is 0 Å². The summed E-state index contributed by atoms with van der Waals surface area (Å²) in [6, 6.07) is 6.38. The maximum Gasteiger partial charge on any atom is 0.243 e. The van der Waals surface area contributed by atoms with Gasteiger partial charge in [0.1, 0.15) is 12.6 Å². The normalized spacial score (nSPS) is 24.7. The zero-order chi connectivity index (χ0) is 15.6. The Balaban J connectivity index is 1.59. The second kappa shape index (κ2) is 6.84. The predicted molar refractivity (Wildman–Crippen MR) is 84.7 cm³/mol. The molecule has 0 amide bonds. The number of ether oxygens (including phenoxy) is 1. The molecular formula is C15H22ClN2O3S+. The zero-order valence-corrected chi connectivity index (χ0v) is 14.1. The van der Waals surface area contributed by atoms with Crippen molar-refractivity contribution in [2.75, 3.05) is 39.3 Å². The number of benzene rings is 1. The van der Waals surface area contributed by atoms with Crippen LogP contribution in [0.25, 0.3) is 0 Å². The van der Waals surface area contributed by atoms with Crippen LogP contribution < -0.4 is 4.90 Å². The van der Waals surface area contributed by atoms with Crippen molar-refractivity contribution in [3.05, 3.63) is 29.3 Å². The summed E-state index contributed by atoms with van der Waals surface area (Å²) in [5.41, 5.74) is 0. The summed E-state index contributed by atoms with van der Waals surface area (Å²) < 4.78 is 32.4. The first kappa shape index (κ1) is 16.2. The highest BCUT2D eigenvalue weighted by Crippen LogP contribution is 2.18. The summed E-state index contributed by atoms with van der Waals surface area (Å²) in [6.07, 6.45) is 2.64. The highest BCUT2D eigenvalue weighted by molar-refractivity contribution is 7.89. The number of halogens is 1. The van der Waals surface area contributed by atoms with Crippen molar-refractivity contribution in [2.24, 2.45) is 0 Å². The van der Waals surface area contributed by atoms with Crippen molar-refractivity contribution in [3.63, 3.8) is 0 Å². The molecule has 0 bridgehead atoms. The summed E-state index contributed by atoms with van der Waals surface area (Å²) in [6.45, 7) is 4.67. The monoisotopic (exact) mass is 345 g/mol. The Kier molecular flexibility index (Phi) is 5.04. The molecule has 2 saturated heterocycles. The van der Waals surface area contributed by atoms with E-state index in [-0.39, 0.29) is 0 Å². The summed E-state index contributed by atoms with van der Waals surface area (Å²) in [7, 11) is -3.40. The van der Waals surface area contributed by atoms with E-state index in [4.69, 9.17) is 16.3 Å². The van der Waals surface area contributed by atoms with Crippen molar-refractivity contribution >= 4 is 21.6 Å². The van der Waals surface area contributed by atoms with E-state index in [0.717, 1.165) is 39.1 Å².